The van der Waals surface area contributed by atoms with Gasteiger partial charge in [-0.25, -0.2) is 0 Å². The van der Waals surface area contributed by atoms with Gasteiger partial charge in [0.15, 0.2) is 0 Å². The molecular weight excluding hydrogens is 236 g/mol. The van der Waals surface area contributed by atoms with E-state index in [0.29, 0.717) is 35.1 Å². The maximum Gasteiger partial charge on any atom is 0.223 e. The largest absolute Gasteiger partial charge is 0.354 e. The van der Waals surface area contributed by atoms with E-state index in [-0.39, 0.29) is 0 Å². The van der Waals surface area contributed by atoms with Crippen LogP contribution >= 0.6 is 0 Å². The van der Waals surface area contributed by atoms with Crippen LogP contribution in [0.2, 0.25) is 0 Å². The van der Waals surface area contributed by atoms with Crippen molar-refractivity contribution in [2.75, 3.05) is 13.1 Å². The fourth-order valence-electron chi connectivity index (χ4n) is 3.66. The van der Waals surface area contributed by atoms with E-state index >= 15 is 0 Å². The molecule has 1 aliphatic heterocycles. The molecule has 1 unspecified atom stereocenters. The topological polar surface area (TPSA) is 41.1 Å². The molecule has 3 aliphatic rings. The molecule has 0 aromatic rings. The van der Waals surface area contributed by atoms with Crippen molar-refractivity contribution in [3.63, 3.8) is 0 Å². The molecule has 0 bridgehead atoms. The summed E-state index contributed by atoms with van der Waals surface area (Å²) in [5, 5.41) is 6.83. The van der Waals surface area contributed by atoms with Gasteiger partial charge in [-0.05, 0) is 62.3 Å². The Bertz CT molecular complexity index is 333. The van der Waals surface area contributed by atoms with Gasteiger partial charge in [-0.3, -0.25) is 4.79 Å². The van der Waals surface area contributed by atoms with E-state index in [1.807, 2.05) is 0 Å². The maximum atomic E-state index is 12.4. The molecule has 2 N–H and O–H groups in total. The Morgan fingerprint density at radius 1 is 1.26 bits per heavy atom. The summed E-state index contributed by atoms with van der Waals surface area (Å²) >= 11 is 0. The minimum atomic E-state index is 0.306. The van der Waals surface area contributed by atoms with E-state index in [4.69, 9.17) is 0 Å². The second-order valence-corrected chi connectivity index (χ2v) is 7.54. The lowest BCUT2D eigenvalue weighted by Crippen LogP contribution is -2.53. The van der Waals surface area contributed by atoms with Crippen LogP contribution in [0.25, 0.3) is 0 Å². The Balaban J connectivity index is 1.51. The molecule has 3 rings (SSSR count). The number of piperidine rings is 1. The molecule has 1 saturated heterocycles. The monoisotopic (exact) mass is 264 g/mol. The highest BCUT2D eigenvalue weighted by Crippen LogP contribution is 2.49. The summed E-state index contributed by atoms with van der Waals surface area (Å²) in [5.74, 6) is 2.10. The predicted octanol–water partition coefficient (Wildman–Crippen LogP) is 2.32. The van der Waals surface area contributed by atoms with Crippen molar-refractivity contribution in [1.29, 1.82) is 0 Å². The third-order valence-electron chi connectivity index (χ3n) is 5.37. The fourth-order valence-corrected chi connectivity index (χ4v) is 3.66. The first-order valence-corrected chi connectivity index (χ1v) is 8.09. The predicted molar refractivity (Wildman–Crippen MR) is 76.8 cm³/mol. The van der Waals surface area contributed by atoms with Gasteiger partial charge in [0, 0.05) is 18.5 Å². The summed E-state index contributed by atoms with van der Waals surface area (Å²) < 4.78 is 0. The molecule has 0 aromatic heterocycles. The van der Waals surface area contributed by atoms with Crippen molar-refractivity contribution in [3.05, 3.63) is 0 Å². The molecule has 19 heavy (non-hydrogen) atoms. The Kier molecular flexibility index (Phi) is 3.59. The third-order valence-corrected chi connectivity index (χ3v) is 5.37. The van der Waals surface area contributed by atoms with E-state index in [1.165, 1.54) is 38.5 Å². The van der Waals surface area contributed by atoms with Crippen molar-refractivity contribution in [3.8, 4) is 0 Å². The van der Waals surface area contributed by atoms with Crippen molar-refractivity contribution in [2.45, 2.75) is 58.4 Å². The summed E-state index contributed by atoms with van der Waals surface area (Å²) in [4.78, 5) is 12.4. The summed E-state index contributed by atoms with van der Waals surface area (Å²) in [6.45, 7) is 6.53. The number of hydrogen-bond donors (Lipinski definition) is 2. The molecule has 3 fully saturated rings. The first-order valence-electron chi connectivity index (χ1n) is 8.09. The summed E-state index contributed by atoms with van der Waals surface area (Å²) in [5.41, 5.74) is 0.306. The van der Waals surface area contributed by atoms with E-state index < -0.39 is 0 Å². The molecule has 0 aromatic carbocycles. The van der Waals surface area contributed by atoms with E-state index in [2.05, 4.69) is 24.5 Å². The lowest BCUT2D eigenvalue weighted by atomic mass is 9.77. The van der Waals surface area contributed by atoms with Crippen molar-refractivity contribution in [2.24, 2.45) is 23.2 Å². The van der Waals surface area contributed by atoms with Crippen LogP contribution < -0.4 is 10.6 Å². The zero-order valence-corrected chi connectivity index (χ0v) is 12.4. The Morgan fingerprint density at radius 2 is 1.89 bits per heavy atom. The number of nitrogens with one attached hydrogen (secondary N) is 2. The van der Waals surface area contributed by atoms with Crippen LogP contribution in [0.3, 0.4) is 0 Å². The lowest BCUT2D eigenvalue weighted by molar-refractivity contribution is -0.126. The van der Waals surface area contributed by atoms with Crippen LogP contribution in [-0.4, -0.2) is 25.0 Å². The molecule has 2 aliphatic carbocycles. The number of amides is 1. The van der Waals surface area contributed by atoms with E-state index in [0.717, 1.165) is 13.1 Å². The van der Waals surface area contributed by atoms with Crippen LogP contribution in [0.4, 0.5) is 0 Å². The number of carbonyl (C=O) groups is 1. The first kappa shape index (κ1) is 13.4. The van der Waals surface area contributed by atoms with Crippen LogP contribution in [-0.2, 0) is 4.79 Å². The summed E-state index contributed by atoms with van der Waals surface area (Å²) in [7, 11) is 0. The third kappa shape index (κ3) is 3.13. The number of hydrogen-bond acceptors (Lipinski definition) is 2. The van der Waals surface area contributed by atoms with Gasteiger partial charge >= 0.3 is 0 Å². The van der Waals surface area contributed by atoms with Crippen molar-refractivity contribution in [1.82, 2.24) is 10.6 Å². The van der Waals surface area contributed by atoms with Gasteiger partial charge in [-0.2, -0.15) is 0 Å². The minimum Gasteiger partial charge on any atom is -0.354 e. The van der Waals surface area contributed by atoms with Crippen LogP contribution in [0, 0.1) is 23.2 Å². The van der Waals surface area contributed by atoms with Gasteiger partial charge in [0.2, 0.25) is 5.91 Å². The normalized spacial score (nSPS) is 30.4. The highest BCUT2D eigenvalue weighted by molar-refractivity contribution is 5.80. The van der Waals surface area contributed by atoms with Gasteiger partial charge in [0.05, 0.1) is 0 Å². The molecule has 3 nitrogen and oxygen atoms in total. The fraction of sp³-hybridized carbons (Fsp3) is 0.938. The van der Waals surface area contributed by atoms with Crippen LogP contribution in [0.15, 0.2) is 0 Å². The lowest BCUT2D eigenvalue weighted by Gasteiger charge is -2.39. The Hall–Kier alpha value is -0.570. The van der Waals surface area contributed by atoms with Crippen molar-refractivity contribution < 1.29 is 4.79 Å². The average Bonchev–Trinajstić information content (AvgIpc) is 3.21. The van der Waals surface area contributed by atoms with E-state index in [1.54, 1.807) is 0 Å². The first-order chi connectivity index (χ1) is 9.08. The number of rotatable bonds is 5. The van der Waals surface area contributed by atoms with E-state index in [9.17, 15) is 4.79 Å². The van der Waals surface area contributed by atoms with Gasteiger partial charge < -0.3 is 10.6 Å². The number of carbonyl (C=O) groups excluding carboxylic acids is 1. The average molecular weight is 264 g/mol. The highest BCUT2D eigenvalue weighted by atomic mass is 16.1. The molecule has 1 amide bonds. The second kappa shape index (κ2) is 5.08. The Morgan fingerprint density at radius 3 is 2.42 bits per heavy atom. The summed E-state index contributed by atoms with van der Waals surface area (Å²) in [6.07, 6.45) is 7.63. The zero-order chi connectivity index (χ0) is 13.5. The Labute approximate surface area is 116 Å². The van der Waals surface area contributed by atoms with Gasteiger partial charge in [-0.1, -0.05) is 13.8 Å². The standard InChI is InChI=1S/C16H28N2O/c1-16(2)8-3-9-17-13(16)10-18-15(19)14(11-4-5-11)12-6-7-12/h11-14,17H,3-10H2,1-2H3,(H,18,19). The van der Waals surface area contributed by atoms with Gasteiger partial charge in [0.25, 0.3) is 0 Å². The van der Waals surface area contributed by atoms with Crippen molar-refractivity contribution >= 4 is 5.91 Å². The molecule has 3 heteroatoms. The van der Waals surface area contributed by atoms with Gasteiger partial charge in [-0.15, -0.1) is 0 Å². The highest BCUT2D eigenvalue weighted by Gasteiger charge is 2.45. The second-order valence-electron chi connectivity index (χ2n) is 7.54. The molecule has 0 radical (unpaired) electrons. The molecule has 0 spiro atoms. The molecule has 1 atom stereocenters. The quantitative estimate of drug-likeness (QED) is 0.800. The molecular formula is C16H28N2O. The summed E-state index contributed by atoms with van der Waals surface area (Å²) in [6, 6.07) is 0.434. The SMILES string of the molecule is CC1(C)CCCNC1CNC(=O)C(C1CC1)C1CC1. The molecule has 108 valence electrons. The minimum absolute atomic E-state index is 0.306. The smallest absolute Gasteiger partial charge is 0.223 e. The van der Waals surface area contributed by atoms with Crippen LogP contribution in [0.5, 0.6) is 0 Å². The van der Waals surface area contributed by atoms with Gasteiger partial charge in [0.1, 0.15) is 0 Å². The van der Waals surface area contributed by atoms with Crippen LogP contribution in [0.1, 0.15) is 52.4 Å². The maximum absolute atomic E-state index is 12.4. The molecule has 2 saturated carbocycles. The molecule has 1 heterocycles. The zero-order valence-electron chi connectivity index (χ0n) is 12.4.